The average molecular weight is 461 g/mol. The van der Waals surface area contributed by atoms with Crippen molar-refractivity contribution in [2.24, 2.45) is 5.92 Å². The number of pyridine rings is 1. The van der Waals surface area contributed by atoms with Crippen molar-refractivity contribution in [2.75, 3.05) is 18.9 Å². The van der Waals surface area contributed by atoms with Crippen LogP contribution in [0.2, 0.25) is 0 Å². The molecule has 0 atom stereocenters. The highest BCUT2D eigenvalue weighted by molar-refractivity contribution is 5.90. The molecule has 1 aliphatic rings. The minimum absolute atomic E-state index is 0.00715. The predicted octanol–water partition coefficient (Wildman–Crippen LogP) is 3.22. The van der Waals surface area contributed by atoms with E-state index in [4.69, 9.17) is 20.3 Å². The third-order valence-electron chi connectivity index (χ3n) is 5.94. The first kappa shape index (κ1) is 22.2. The Kier molecular flexibility index (Phi) is 5.45. The Bertz CT molecular complexity index is 1390. The Labute approximate surface area is 197 Å². The molecule has 0 amide bonds. The highest BCUT2D eigenvalue weighted by Crippen LogP contribution is 2.35. The number of anilines is 1. The first-order valence-corrected chi connectivity index (χ1v) is 11.3. The summed E-state index contributed by atoms with van der Waals surface area (Å²) in [7, 11) is 0. The van der Waals surface area contributed by atoms with E-state index < -0.39 is 5.79 Å². The van der Waals surface area contributed by atoms with Crippen LogP contribution in [0.3, 0.4) is 0 Å². The number of rotatable bonds is 4. The lowest BCUT2D eigenvalue weighted by Crippen LogP contribution is -2.41. The molecule has 0 aliphatic carbocycles. The molecule has 0 radical (unpaired) electrons. The van der Waals surface area contributed by atoms with Crippen LogP contribution in [0, 0.1) is 19.8 Å². The zero-order valence-corrected chi connectivity index (χ0v) is 19.8. The van der Waals surface area contributed by atoms with Crippen LogP contribution in [-0.2, 0) is 16.0 Å². The summed E-state index contributed by atoms with van der Waals surface area (Å²) >= 11 is 0. The number of hydrogen-bond acceptors (Lipinski definition) is 7. The molecule has 4 heterocycles. The molecule has 1 aromatic carbocycles. The van der Waals surface area contributed by atoms with Gasteiger partial charge in [0.25, 0.3) is 0 Å². The van der Waals surface area contributed by atoms with Gasteiger partial charge in [-0.1, -0.05) is 30.3 Å². The molecule has 176 valence electrons. The third-order valence-corrected chi connectivity index (χ3v) is 5.94. The minimum atomic E-state index is -0.621. The van der Waals surface area contributed by atoms with Crippen molar-refractivity contribution in [3.63, 3.8) is 0 Å². The molecule has 0 unspecified atom stereocenters. The van der Waals surface area contributed by atoms with Gasteiger partial charge in [0, 0.05) is 22.9 Å². The van der Waals surface area contributed by atoms with Crippen LogP contribution >= 0.6 is 0 Å². The summed E-state index contributed by atoms with van der Waals surface area (Å²) in [6.45, 7) is 8.94. The zero-order valence-electron chi connectivity index (χ0n) is 19.8. The number of fused-ring (bicyclic) bond motifs is 1. The molecule has 1 aliphatic heterocycles. The number of hydrogen-bond donors (Lipinski definition) is 1. The standard InChI is InChI=1S/C25H28N6O3/c1-15-10-19(11-16(2)27-15)20-21(18-8-6-5-7-9-18)28-23(26)31-22(20)29-30(24(31)32)12-17-13-33-25(3,4)34-14-17/h5-11,17H,12-14H2,1-4H3,(H2,26,28). The van der Waals surface area contributed by atoms with E-state index in [2.05, 4.69) is 9.97 Å². The quantitative estimate of drug-likeness (QED) is 0.498. The molecular formula is C25H28N6O3. The molecule has 1 fully saturated rings. The van der Waals surface area contributed by atoms with E-state index in [9.17, 15) is 4.79 Å². The molecule has 9 heteroatoms. The number of ether oxygens (including phenoxy) is 2. The summed E-state index contributed by atoms with van der Waals surface area (Å²) in [6.07, 6.45) is 0. The van der Waals surface area contributed by atoms with Gasteiger partial charge in [0.05, 0.1) is 31.0 Å². The Morgan fingerprint density at radius 3 is 2.32 bits per heavy atom. The zero-order chi connectivity index (χ0) is 24.0. The molecule has 9 nitrogen and oxygen atoms in total. The van der Waals surface area contributed by atoms with E-state index in [1.165, 1.54) is 9.08 Å². The van der Waals surface area contributed by atoms with Crippen molar-refractivity contribution in [2.45, 2.75) is 40.0 Å². The van der Waals surface area contributed by atoms with Crippen LogP contribution in [0.4, 0.5) is 5.95 Å². The summed E-state index contributed by atoms with van der Waals surface area (Å²) in [6, 6.07) is 13.7. The molecule has 1 saturated heterocycles. The summed E-state index contributed by atoms with van der Waals surface area (Å²) in [5.41, 5.74) is 11.3. The molecule has 0 bridgehead atoms. The van der Waals surface area contributed by atoms with E-state index in [1.807, 2.05) is 70.2 Å². The third kappa shape index (κ3) is 4.08. The van der Waals surface area contributed by atoms with Gasteiger partial charge in [0.2, 0.25) is 5.95 Å². The number of aromatic nitrogens is 5. The highest BCUT2D eigenvalue weighted by Gasteiger charge is 2.30. The fourth-order valence-corrected chi connectivity index (χ4v) is 4.35. The lowest BCUT2D eigenvalue weighted by atomic mass is 9.99. The molecule has 0 spiro atoms. The number of nitrogens with two attached hydrogens (primary N) is 1. The second kappa shape index (κ2) is 8.34. The first-order chi connectivity index (χ1) is 16.2. The van der Waals surface area contributed by atoms with Crippen molar-refractivity contribution in [3.05, 3.63) is 64.3 Å². The van der Waals surface area contributed by atoms with E-state index in [-0.39, 0.29) is 17.6 Å². The Morgan fingerprint density at radius 1 is 1.03 bits per heavy atom. The maximum atomic E-state index is 13.4. The second-order valence-corrected chi connectivity index (χ2v) is 9.21. The molecule has 3 aromatic heterocycles. The van der Waals surface area contributed by atoms with E-state index in [0.29, 0.717) is 31.1 Å². The van der Waals surface area contributed by atoms with Crippen molar-refractivity contribution >= 4 is 11.6 Å². The normalized spacial score (nSPS) is 16.2. The number of benzene rings is 1. The molecule has 0 saturated carbocycles. The Morgan fingerprint density at radius 2 is 1.68 bits per heavy atom. The fourth-order valence-electron chi connectivity index (χ4n) is 4.35. The van der Waals surface area contributed by atoms with Crippen LogP contribution in [0.5, 0.6) is 0 Å². The molecular weight excluding hydrogens is 432 g/mol. The van der Waals surface area contributed by atoms with Crippen LogP contribution < -0.4 is 11.4 Å². The van der Waals surface area contributed by atoms with Crippen molar-refractivity contribution in [3.8, 4) is 22.4 Å². The maximum absolute atomic E-state index is 13.4. The molecule has 34 heavy (non-hydrogen) atoms. The molecule has 4 aromatic rings. The first-order valence-electron chi connectivity index (χ1n) is 11.3. The van der Waals surface area contributed by atoms with Crippen LogP contribution in [0.25, 0.3) is 28.0 Å². The molecule has 5 rings (SSSR count). The Balaban J connectivity index is 1.70. The number of aryl methyl sites for hydroxylation is 2. The summed E-state index contributed by atoms with van der Waals surface area (Å²) in [4.78, 5) is 22.5. The summed E-state index contributed by atoms with van der Waals surface area (Å²) in [5, 5.41) is 4.74. The van der Waals surface area contributed by atoms with E-state index in [1.54, 1.807) is 0 Å². The number of nitrogen functional groups attached to an aromatic ring is 1. The topological polar surface area (TPSA) is 110 Å². The van der Waals surface area contributed by atoms with Gasteiger partial charge in [-0.3, -0.25) is 4.98 Å². The molecule has 2 N–H and O–H groups in total. The predicted molar refractivity (Wildman–Crippen MR) is 129 cm³/mol. The summed E-state index contributed by atoms with van der Waals surface area (Å²) in [5.74, 6) is -0.537. The van der Waals surface area contributed by atoms with Gasteiger partial charge in [0.1, 0.15) is 0 Å². The van der Waals surface area contributed by atoms with E-state index in [0.717, 1.165) is 28.1 Å². The van der Waals surface area contributed by atoms with Gasteiger partial charge >= 0.3 is 5.69 Å². The van der Waals surface area contributed by atoms with Gasteiger partial charge in [0.15, 0.2) is 11.4 Å². The fraction of sp³-hybridized carbons (Fsp3) is 0.360. The number of nitrogens with zero attached hydrogens (tertiary/aromatic N) is 5. The monoisotopic (exact) mass is 460 g/mol. The van der Waals surface area contributed by atoms with Gasteiger partial charge in [-0.2, -0.15) is 0 Å². The van der Waals surface area contributed by atoms with Gasteiger partial charge in [-0.25, -0.2) is 18.9 Å². The highest BCUT2D eigenvalue weighted by atomic mass is 16.7. The minimum Gasteiger partial charge on any atom is -0.369 e. The van der Waals surface area contributed by atoms with Crippen molar-refractivity contribution in [1.29, 1.82) is 0 Å². The van der Waals surface area contributed by atoms with Crippen LogP contribution in [0.1, 0.15) is 25.2 Å². The van der Waals surface area contributed by atoms with Crippen molar-refractivity contribution < 1.29 is 9.47 Å². The van der Waals surface area contributed by atoms with E-state index >= 15 is 0 Å². The van der Waals surface area contributed by atoms with Crippen molar-refractivity contribution in [1.82, 2.24) is 24.1 Å². The largest absolute Gasteiger partial charge is 0.369 e. The second-order valence-electron chi connectivity index (χ2n) is 9.21. The SMILES string of the molecule is Cc1cc(-c2c(-c3ccccc3)nc(N)n3c(=O)n(CC4COC(C)(C)OC4)nc23)cc(C)n1. The lowest BCUT2D eigenvalue weighted by molar-refractivity contribution is -0.263. The Hall–Kier alpha value is -3.56. The summed E-state index contributed by atoms with van der Waals surface area (Å²) < 4.78 is 14.3. The smallest absolute Gasteiger partial charge is 0.353 e. The van der Waals surface area contributed by atoms with Gasteiger partial charge < -0.3 is 15.2 Å². The van der Waals surface area contributed by atoms with Crippen LogP contribution in [-0.4, -0.2) is 43.2 Å². The average Bonchev–Trinajstić information content (AvgIpc) is 3.11. The lowest BCUT2D eigenvalue weighted by Gasteiger charge is -2.34. The maximum Gasteiger partial charge on any atom is 0.353 e. The van der Waals surface area contributed by atoms with Gasteiger partial charge in [-0.05, 0) is 45.4 Å². The van der Waals surface area contributed by atoms with Crippen LogP contribution in [0.15, 0.2) is 47.3 Å². The van der Waals surface area contributed by atoms with Gasteiger partial charge in [-0.15, -0.1) is 5.10 Å².